The highest BCUT2D eigenvalue weighted by atomic mass is 16.4. The normalized spacial score (nSPS) is 21.6. The monoisotopic (exact) mass is 465 g/mol. The van der Waals surface area contributed by atoms with Crippen molar-refractivity contribution < 1.29 is 34.8 Å². The van der Waals surface area contributed by atoms with Crippen LogP contribution in [0.1, 0.15) is 69.8 Å². The first-order chi connectivity index (χ1) is 15.7. The van der Waals surface area contributed by atoms with E-state index < -0.39 is 24.1 Å². The number of carboxylic acid groups (broad SMARTS) is 2. The molecule has 3 aliphatic rings. The summed E-state index contributed by atoms with van der Waals surface area (Å²) in [5.41, 5.74) is 0.955. The van der Waals surface area contributed by atoms with Gasteiger partial charge in [0, 0.05) is 12.5 Å². The summed E-state index contributed by atoms with van der Waals surface area (Å²) in [6.07, 6.45) is 2.30. The lowest BCUT2D eigenvalue weighted by molar-refractivity contribution is -0.165. The van der Waals surface area contributed by atoms with Crippen LogP contribution in [0.2, 0.25) is 0 Å². The molecule has 4 rings (SSSR count). The number of rotatable bonds is 7. The van der Waals surface area contributed by atoms with Gasteiger partial charge in [0.25, 0.3) is 0 Å². The molecular formula is C21H31N5O7. The molecule has 5 N–H and O–H groups in total. The van der Waals surface area contributed by atoms with Gasteiger partial charge in [-0.3, -0.25) is 14.8 Å². The summed E-state index contributed by atoms with van der Waals surface area (Å²) >= 11 is 0. The Balaban J connectivity index is 0.000000262. The number of hydrogen-bond acceptors (Lipinski definition) is 7. The van der Waals surface area contributed by atoms with E-state index in [0.29, 0.717) is 19.0 Å². The van der Waals surface area contributed by atoms with Crippen molar-refractivity contribution in [1.29, 1.82) is 0 Å². The van der Waals surface area contributed by atoms with Crippen molar-refractivity contribution in [3.63, 3.8) is 0 Å². The first-order valence-electron chi connectivity index (χ1n) is 11.3. The van der Waals surface area contributed by atoms with E-state index in [9.17, 15) is 14.4 Å². The second kappa shape index (κ2) is 10.3. The second-order valence-electron chi connectivity index (χ2n) is 8.43. The Kier molecular flexibility index (Phi) is 7.69. The third-order valence-corrected chi connectivity index (χ3v) is 6.06. The quantitative estimate of drug-likeness (QED) is 0.397. The first kappa shape index (κ1) is 24.6. The molecule has 1 aromatic rings. The largest absolute Gasteiger partial charge is 0.479 e. The molecule has 1 aliphatic carbocycles. The Morgan fingerprint density at radius 3 is 2.24 bits per heavy atom. The van der Waals surface area contributed by atoms with E-state index in [1.54, 1.807) is 0 Å². The molecule has 2 amide bonds. The number of carboxylic acids is 2. The maximum absolute atomic E-state index is 12.9. The molecule has 3 heterocycles. The van der Waals surface area contributed by atoms with Crippen molar-refractivity contribution in [2.75, 3.05) is 18.0 Å². The van der Waals surface area contributed by atoms with E-state index in [2.05, 4.69) is 18.8 Å². The van der Waals surface area contributed by atoms with Crippen molar-refractivity contribution in [1.82, 2.24) is 14.9 Å². The van der Waals surface area contributed by atoms with Gasteiger partial charge < -0.3 is 25.4 Å². The minimum atomic E-state index is -2.27. The molecule has 0 spiro atoms. The van der Waals surface area contributed by atoms with Crippen molar-refractivity contribution >= 4 is 29.6 Å². The highest BCUT2D eigenvalue weighted by molar-refractivity contribution is 6.18. The summed E-state index contributed by atoms with van der Waals surface area (Å²) in [4.78, 5) is 49.2. The predicted octanol–water partition coefficient (Wildman–Crippen LogP) is 1.14. The van der Waals surface area contributed by atoms with E-state index in [4.69, 9.17) is 30.4 Å². The van der Waals surface area contributed by atoms with Gasteiger partial charge in [-0.2, -0.15) is 0 Å². The molecular weight excluding hydrogens is 434 g/mol. The highest BCUT2D eigenvalue weighted by Crippen LogP contribution is 2.37. The maximum Gasteiger partial charge on any atom is 0.335 e. The summed E-state index contributed by atoms with van der Waals surface area (Å²) in [5, 5.41) is 32.5. The number of aliphatic hydroxyl groups is 2. The molecule has 2 aliphatic heterocycles. The van der Waals surface area contributed by atoms with Gasteiger partial charge in [0.2, 0.25) is 0 Å². The molecule has 0 saturated heterocycles. The zero-order valence-corrected chi connectivity index (χ0v) is 18.8. The van der Waals surface area contributed by atoms with Gasteiger partial charge in [0.05, 0.1) is 12.6 Å². The predicted molar refractivity (Wildman–Crippen MR) is 117 cm³/mol. The van der Waals surface area contributed by atoms with Gasteiger partial charge in [-0.05, 0) is 25.7 Å². The van der Waals surface area contributed by atoms with Crippen LogP contribution in [0.15, 0.2) is 4.99 Å². The number of carbonyl (C=O) groups is 3. The van der Waals surface area contributed by atoms with Crippen molar-refractivity contribution in [3.05, 3.63) is 11.5 Å². The summed E-state index contributed by atoms with van der Waals surface area (Å²) in [7, 11) is 0. The maximum atomic E-state index is 12.9. The van der Waals surface area contributed by atoms with Crippen LogP contribution in [0.5, 0.6) is 0 Å². The van der Waals surface area contributed by atoms with Crippen LogP contribution in [0.4, 0.5) is 10.6 Å². The zero-order valence-electron chi connectivity index (χ0n) is 18.8. The number of H-pyrrole nitrogens is 1. The molecule has 2 unspecified atom stereocenters. The Morgan fingerprint density at radius 2 is 1.73 bits per heavy atom. The summed E-state index contributed by atoms with van der Waals surface area (Å²) in [5.74, 6) is -0.376. The van der Waals surface area contributed by atoms with Gasteiger partial charge in [0.15, 0.2) is 23.9 Å². The molecule has 182 valence electrons. The number of urea groups is 1. The minimum Gasteiger partial charge on any atom is -0.479 e. The molecule has 1 saturated carbocycles. The van der Waals surface area contributed by atoms with Crippen molar-refractivity contribution in [3.8, 4) is 0 Å². The average Bonchev–Trinajstić information content (AvgIpc) is 3.54. The molecule has 12 heteroatoms. The van der Waals surface area contributed by atoms with E-state index in [1.807, 2.05) is 9.80 Å². The van der Waals surface area contributed by atoms with Gasteiger partial charge in [-0.1, -0.05) is 26.7 Å². The Hall–Kier alpha value is -2.99. The molecule has 0 aromatic carbocycles. The third kappa shape index (κ3) is 5.01. The highest BCUT2D eigenvalue weighted by Gasteiger charge is 2.42. The number of amides is 2. The first-order valence-corrected chi connectivity index (χ1v) is 11.3. The second-order valence-corrected chi connectivity index (χ2v) is 8.43. The molecule has 0 bridgehead atoms. The molecule has 3 atom stereocenters. The Labute approximate surface area is 190 Å². The molecule has 33 heavy (non-hydrogen) atoms. The Bertz CT molecular complexity index is 906. The average molecular weight is 466 g/mol. The molecule has 0 radical (unpaired) electrons. The summed E-state index contributed by atoms with van der Waals surface area (Å²) in [6, 6.07) is 0.250. The number of amidine groups is 1. The number of imidazole rings is 1. The lowest BCUT2D eigenvalue weighted by Crippen LogP contribution is -2.50. The van der Waals surface area contributed by atoms with Crippen LogP contribution in [-0.2, 0) is 9.59 Å². The van der Waals surface area contributed by atoms with Crippen molar-refractivity contribution in [2.24, 2.45) is 4.99 Å². The molecule has 12 nitrogen and oxygen atoms in total. The van der Waals surface area contributed by atoms with Crippen molar-refractivity contribution in [2.45, 2.75) is 76.5 Å². The van der Waals surface area contributed by atoms with E-state index in [0.717, 1.165) is 36.0 Å². The van der Waals surface area contributed by atoms with Crippen LogP contribution in [0.25, 0.3) is 0 Å². The van der Waals surface area contributed by atoms with E-state index >= 15 is 0 Å². The van der Waals surface area contributed by atoms with Gasteiger partial charge in [0.1, 0.15) is 11.5 Å². The molecule has 1 fully saturated rings. The van der Waals surface area contributed by atoms with Crippen LogP contribution >= 0.6 is 0 Å². The van der Waals surface area contributed by atoms with Gasteiger partial charge >= 0.3 is 18.0 Å². The SMILES string of the molecule is CCCN1C(=O)N2C[C@@H](CC)N=C2c2[nH]c(C3CCCC3)nc21.O=C(O)C(O)C(O)C(=O)O. The number of aliphatic carboxylic acids is 2. The number of nitrogens with zero attached hydrogens (tertiary/aromatic N) is 4. The number of aromatic amines is 1. The number of nitrogens with one attached hydrogen (secondary N) is 1. The Morgan fingerprint density at radius 1 is 1.12 bits per heavy atom. The zero-order chi connectivity index (χ0) is 24.3. The molecule has 1 aromatic heterocycles. The lowest BCUT2D eigenvalue weighted by Gasteiger charge is -2.32. The topological polar surface area (TPSA) is 180 Å². The van der Waals surface area contributed by atoms with Gasteiger partial charge in [-0.15, -0.1) is 0 Å². The van der Waals surface area contributed by atoms with E-state index in [-0.39, 0.29) is 12.1 Å². The fourth-order valence-electron chi connectivity index (χ4n) is 4.23. The smallest absolute Gasteiger partial charge is 0.335 e. The lowest BCUT2D eigenvalue weighted by atomic mass is 10.1. The number of fused-ring (bicyclic) bond motifs is 3. The fraction of sp³-hybridized carbons (Fsp3) is 0.667. The number of carbonyl (C=O) groups excluding carboxylic acids is 1. The summed E-state index contributed by atoms with van der Waals surface area (Å²) in [6.45, 7) is 5.63. The minimum absolute atomic E-state index is 0.0403. The summed E-state index contributed by atoms with van der Waals surface area (Å²) < 4.78 is 0. The number of aromatic nitrogens is 2. The van der Waals surface area contributed by atoms with Crippen LogP contribution in [0.3, 0.4) is 0 Å². The standard InChI is InChI=1S/C17H25N5O.C4H6O6/c1-3-9-21-16-13(19-14(20-16)11-7-5-6-8-11)15-18-12(4-2)10-22(15)17(21)23;5-1(3(7)8)2(6)4(9)10/h11-12H,3-10H2,1-2H3,(H,19,20);1-2,5-6H,(H,7,8)(H,9,10)/t12-;/m1./s1. The number of hydrogen-bond donors (Lipinski definition) is 5. The van der Waals surface area contributed by atoms with Crippen LogP contribution in [0, 0.1) is 0 Å². The van der Waals surface area contributed by atoms with Gasteiger partial charge in [-0.25, -0.2) is 19.4 Å². The number of aliphatic hydroxyl groups excluding tert-OH is 2. The van der Waals surface area contributed by atoms with Crippen LogP contribution < -0.4 is 4.90 Å². The number of aliphatic imine (C=N–C) groups is 1. The fourth-order valence-corrected chi connectivity index (χ4v) is 4.23. The van der Waals surface area contributed by atoms with Crippen LogP contribution in [-0.4, -0.2) is 90.4 Å². The third-order valence-electron chi connectivity index (χ3n) is 6.06. The number of anilines is 1. The van der Waals surface area contributed by atoms with E-state index in [1.165, 1.54) is 25.7 Å².